The maximum atomic E-state index is 11.4. The van der Waals surface area contributed by atoms with E-state index in [9.17, 15) is 4.79 Å². The summed E-state index contributed by atoms with van der Waals surface area (Å²) >= 11 is 0. The zero-order chi connectivity index (χ0) is 10.4. The van der Waals surface area contributed by atoms with Crippen LogP contribution in [0, 0.1) is 0 Å². The Morgan fingerprint density at radius 2 is 2.29 bits per heavy atom. The molecule has 1 saturated heterocycles. The summed E-state index contributed by atoms with van der Waals surface area (Å²) in [5.74, 6) is -0.0418. The molecule has 1 fully saturated rings. The second-order valence-corrected chi connectivity index (χ2v) is 3.56. The lowest BCUT2D eigenvalue weighted by atomic mass is 10.1. The van der Waals surface area contributed by atoms with E-state index in [1.54, 1.807) is 6.08 Å². The number of carbonyl (C=O) groups is 1. The molecular formula is C10H18N2O2. The van der Waals surface area contributed by atoms with Gasteiger partial charge in [-0.05, 0) is 19.8 Å². The van der Waals surface area contributed by atoms with Gasteiger partial charge >= 0.3 is 0 Å². The van der Waals surface area contributed by atoms with Gasteiger partial charge in [-0.2, -0.15) is 0 Å². The molecule has 0 spiro atoms. The van der Waals surface area contributed by atoms with Gasteiger partial charge < -0.3 is 15.8 Å². The Kier molecular flexibility index (Phi) is 4.62. The van der Waals surface area contributed by atoms with Crippen molar-refractivity contribution in [2.45, 2.75) is 25.8 Å². The molecule has 3 N–H and O–H groups in total. The van der Waals surface area contributed by atoms with Crippen LogP contribution in [0.4, 0.5) is 0 Å². The second kappa shape index (κ2) is 5.78. The summed E-state index contributed by atoms with van der Waals surface area (Å²) in [5, 5.41) is 2.80. The summed E-state index contributed by atoms with van der Waals surface area (Å²) in [5.41, 5.74) is 6.56. The number of hydrogen-bond donors (Lipinski definition) is 2. The highest BCUT2D eigenvalue weighted by Gasteiger charge is 2.08. The van der Waals surface area contributed by atoms with Crippen molar-refractivity contribution in [3.63, 3.8) is 0 Å². The van der Waals surface area contributed by atoms with Gasteiger partial charge in [0.25, 0.3) is 0 Å². The fourth-order valence-electron chi connectivity index (χ4n) is 1.31. The van der Waals surface area contributed by atoms with Crippen molar-refractivity contribution < 1.29 is 9.53 Å². The molecule has 14 heavy (non-hydrogen) atoms. The van der Waals surface area contributed by atoms with Crippen LogP contribution in [0.5, 0.6) is 0 Å². The summed E-state index contributed by atoms with van der Waals surface area (Å²) in [6.07, 6.45) is 3.41. The predicted octanol–water partition coefficient (Wildman–Crippen LogP) is 0.187. The first-order chi connectivity index (χ1) is 6.72. The Morgan fingerprint density at radius 1 is 1.64 bits per heavy atom. The van der Waals surface area contributed by atoms with Gasteiger partial charge in [0.2, 0.25) is 5.91 Å². The smallest absolute Gasteiger partial charge is 0.244 e. The van der Waals surface area contributed by atoms with Crippen LogP contribution in [0.25, 0.3) is 0 Å². The molecule has 4 heteroatoms. The summed E-state index contributed by atoms with van der Waals surface area (Å²) in [6.45, 7) is 3.82. The number of rotatable bonds is 3. The molecule has 4 nitrogen and oxygen atoms in total. The number of nitrogens with two attached hydrogens (primary N) is 1. The Bertz CT molecular complexity index is 218. The van der Waals surface area contributed by atoms with Gasteiger partial charge in [0.15, 0.2) is 0 Å². The molecule has 0 aromatic rings. The van der Waals surface area contributed by atoms with Crippen LogP contribution >= 0.6 is 0 Å². The van der Waals surface area contributed by atoms with E-state index in [1.165, 1.54) is 0 Å². The van der Waals surface area contributed by atoms with Crippen molar-refractivity contribution in [2.24, 2.45) is 5.73 Å². The van der Waals surface area contributed by atoms with Crippen molar-refractivity contribution in [2.75, 3.05) is 19.8 Å². The van der Waals surface area contributed by atoms with Crippen LogP contribution < -0.4 is 11.1 Å². The topological polar surface area (TPSA) is 64.3 Å². The first kappa shape index (κ1) is 11.2. The highest BCUT2D eigenvalue weighted by atomic mass is 16.5. The molecule has 0 aromatic heterocycles. The number of nitrogens with one attached hydrogen (secondary N) is 1. The summed E-state index contributed by atoms with van der Waals surface area (Å²) in [7, 11) is 0. The molecular weight excluding hydrogens is 180 g/mol. The number of hydrogen-bond acceptors (Lipinski definition) is 3. The molecule has 0 aromatic carbocycles. The van der Waals surface area contributed by atoms with Crippen LogP contribution in [-0.2, 0) is 9.53 Å². The largest absolute Gasteiger partial charge is 0.381 e. The minimum absolute atomic E-state index is 0.0409. The highest BCUT2D eigenvalue weighted by Crippen LogP contribution is 2.12. The molecule has 1 atom stereocenters. The van der Waals surface area contributed by atoms with Gasteiger partial charge in [-0.15, -0.1) is 0 Å². The zero-order valence-electron chi connectivity index (χ0n) is 8.58. The van der Waals surface area contributed by atoms with Crippen LogP contribution in [0.3, 0.4) is 0 Å². The Labute approximate surface area is 84.5 Å². The summed E-state index contributed by atoms with van der Waals surface area (Å²) < 4.78 is 5.19. The average molecular weight is 198 g/mol. The van der Waals surface area contributed by atoms with Gasteiger partial charge in [-0.1, -0.05) is 5.57 Å². The fourth-order valence-corrected chi connectivity index (χ4v) is 1.31. The summed E-state index contributed by atoms with van der Waals surface area (Å²) in [6, 6.07) is 0.0409. The second-order valence-electron chi connectivity index (χ2n) is 3.56. The third kappa shape index (κ3) is 3.89. The van der Waals surface area contributed by atoms with E-state index >= 15 is 0 Å². The van der Waals surface area contributed by atoms with E-state index in [0.29, 0.717) is 6.54 Å². The Hall–Kier alpha value is -0.870. The van der Waals surface area contributed by atoms with E-state index in [1.807, 2.05) is 6.92 Å². The van der Waals surface area contributed by atoms with Crippen LogP contribution in [0.15, 0.2) is 11.6 Å². The molecule has 0 radical (unpaired) electrons. The third-order valence-corrected chi connectivity index (χ3v) is 2.21. The molecule has 0 bridgehead atoms. The van der Waals surface area contributed by atoms with E-state index in [-0.39, 0.29) is 11.9 Å². The normalized spacial score (nSPS) is 18.9. The third-order valence-electron chi connectivity index (χ3n) is 2.21. The molecule has 1 amide bonds. The van der Waals surface area contributed by atoms with Crippen molar-refractivity contribution >= 4 is 5.91 Å². The molecule has 1 aliphatic rings. The van der Waals surface area contributed by atoms with E-state index < -0.39 is 0 Å². The highest BCUT2D eigenvalue weighted by molar-refractivity contribution is 5.88. The summed E-state index contributed by atoms with van der Waals surface area (Å²) in [4.78, 5) is 11.4. The monoisotopic (exact) mass is 198 g/mol. The fraction of sp³-hybridized carbons (Fsp3) is 0.700. The molecule has 1 heterocycles. The van der Waals surface area contributed by atoms with Crippen LogP contribution in [0.2, 0.25) is 0 Å². The number of amides is 1. The SMILES string of the molecule is C[C@H](CN)NC(=O)C=C1CCOCC1. The Morgan fingerprint density at radius 3 is 2.86 bits per heavy atom. The minimum Gasteiger partial charge on any atom is -0.381 e. The van der Waals surface area contributed by atoms with Crippen molar-refractivity contribution in [1.29, 1.82) is 0 Å². The molecule has 1 aliphatic heterocycles. The number of carbonyl (C=O) groups excluding carboxylic acids is 1. The predicted molar refractivity (Wildman–Crippen MR) is 54.8 cm³/mol. The first-order valence-corrected chi connectivity index (χ1v) is 5.00. The quantitative estimate of drug-likeness (QED) is 0.636. The van der Waals surface area contributed by atoms with Crippen LogP contribution in [0.1, 0.15) is 19.8 Å². The van der Waals surface area contributed by atoms with E-state index in [2.05, 4.69) is 5.32 Å². The van der Waals surface area contributed by atoms with Gasteiger partial charge in [0.05, 0.1) is 13.2 Å². The molecule has 0 aliphatic carbocycles. The van der Waals surface area contributed by atoms with Gasteiger partial charge in [-0.3, -0.25) is 4.79 Å². The lowest BCUT2D eigenvalue weighted by molar-refractivity contribution is -0.117. The maximum Gasteiger partial charge on any atom is 0.244 e. The molecule has 0 saturated carbocycles. The maximum absolute atomic E-state index is 11.4. The first-order valence-electron chi connectivity index (χ1n) is 5.00. The molecule has 80 valence electrons. The lowest BCUT2D eigenvalue weighted by Gasteiger charge is -2.15. The van der Waals surface area contributed by atoms with Gasteiger partial charge in [0.1, 0.15) is 0 Å². The minimum atomic E-state index is -0.0418. The lowest BCUT2D eigenvalue weighted by Crippen LogP contribution is -2.37. The number of ether oxygens (including phenoxy) is 1. The molecule has 0 unspecified atom stereocenters. The van der Waals surface area contributed by atoms with Crippen LogP contribution in [-0.4, -0.2) is 31.7 Å². The van der Waals surface area contributed by atoms with E-state index in [4.69, 9.17) is 10.5 Å². The van der Waals surface area contributed by atoms with Crippen molar-refractivity contribution in [1.82, 2.24) is 5.32 Å². The van der Waals surface area contributed by atoms with Gasteiger partial charge in [-0.25, -0.2) is 0 Å². The zero-order valence-corrected chi connectivity index (χ0v) is 8.58. The Balaban J connectivity index is 2.37. The molecule has 1 rings (SSSR count). The average Bonchev–Trinajstić information content (AvgIpc) is 2.19. The standard InChI is InChI=1S/C10H18N2O2/c1-8(7-11)12-10(13)6-9-2-4-14-5-3-9/h6,8H,2-5,7,11H2,1H3,(H,12,13)/t8-/m1/s1. The van der Waals surface area contributed by atoms with E-state index in [0.717, 1.165) is 31.6 Å². The van der Waals surface area contributed by atoms with Crippen molar-refractivity contribution in [3.8, 4) is 0 Å². The van der Waals surface area contributed by atoms with Crippen molar-refractivity contribution in [3.05, 3.63) is 11.6 Å². The van der Waals surface area contributed by atoms with Gasteiger partial charge in [0, 0.05) is 18.7 Å².